The number of piperidine rings is 2. The second kappa shape index (κ2) is 6.23. The van der Waals surface area contributed by atoms with Gasteiger partial charge in [-0.25, -0.2) is 0 Å². The molecule has 3 rings (SSSR count). The summed E-state index contributed by atoms with van der Waals surface area (Å²) in [5.74, 6) is 0. The highest BCUT2D eigenvalue weighted by molar-refractivity contribution is 9.10. The van der Waals surface area contributed by atoms with E-state index in [1.165, 1.54) is 32.1 Å². The largest absolute Gasteiger partial charge is 0.389 e. The number of hydrogen-bond donors (Lipinski definition) is 2. The van der Waals surface area contributed by atoms with Crippen LogP contribution in [-0.4, -0.2) is 35.1 Å². The average molecular weight is 368 g/mol. The van der Waals surface area contributed by atoms with Crippen LogP contribution >= 0.6 is 28.1 Å². The number of halogens is 1. The smallest absolute Gasteiger partial charge is 0.106 e. The van der Waals surface area contributed by atoms with Crippen molar-refractivity contribution in [2.75, 3.05) is 12.4 Å². The molecule has 0 radical (unpaired) electrons. The maximum atomic E-state index is 5.86. The third kappa shape index (κ3) is 3.25. The lowest BCUT2D eigenvalue weighted by Crippen LogP contribution is -2.52. The Balaban J connectivity index is 1.77. The van der Waals surface area contributed by atoms with E-state index in [0.29, 0.717) is 11.0 Å². The molecule has 2 unspecified atom stereocenters. The monoisotopic (exact) mass is 367 g/mol. The van der Waals surface area contributed by atoms with Crippen LogP contribution in [0.2, 0.25) is 0 Å². The van der Waals surface area contributed by atoms with Gasteiger partial charge in [-0.3, -0.25) is 0 Å². The lowest BCUT2D eigenvalue weighted by atomic mass is 9.82. The summed E-state index contributed by atoms with van der Waals surface area (Å²) in [6.45, 7) is 0. The van der Waals surface area contributed by atoms with Crippen LogP contribution in [0, 0.1) is 0 Å². The molecule has 2 heterocycles. The topological polar surface area (TPSA) is 41.3 Å². The van der Waals surface area contributed by atoms with Gasteiger partial charge in [-0.1, -0.05) is 34.6 Å². The first kappa shape index (κ1) is 15.3. The summed E-state index contributed by atoms with van der Waals surface area (Å²) in [5.41, 5.74) is 7.87. The normalized spacial score (nSPS) is 29.1. The zero-order chi connectivity index (χ0) is 15.0. The number of hydrogen-bond acceptors (Lipinski definition) is 3. The molecule has 2 bridgehead atoms. The van der Waals surface area contributed by atoms with Crippen molar-refractivity contribution in [3.8, 4) is 0 Å². The number of benzene rings is 1. The molecule has 3 nitrogen and oxygen atoms in total. The molecule has 114 valence electrons. The van der Waals surface area contributed by atoms with Crippen LogP contribution in [0.25, 0.3) is 0 Å². The highest BCUT2D eigenvalue weighted by Gasteiger charge is 2.36. The van der Waals surface area contributed by atoms with Gasteiger partial charge in [0, 0.05) is 33.8 Å². The van der Waals surface area contributed by atoms with Crippen molar-refractivity contribution in [1.82, 2.24) is 4.90 Å². The molecule has 0 aromatic heterocycles. The molecule has 0 spiro atoms. The van der Waals surface area contributed by atoms with Crippen molar-refractivity contribution in [3.05, 3.63) is 28.2 Å². The second-order valence-electron chi connectivity index (χ2n) is 6.27. The molecule has 2 saturated heterocycles. The van der Waals surface area contributed by atoms with E-state index in [1.807, 2.05) is 12.1 Å². The summed E-state index contributed by atoms with van der Waals surface area (Å²) in [5, 5.41) is 3.69. The van der Waals surface area contributed by atoms with Crippen molar-refractivity contribution in [3.63, 3.8) is 0 Å². The van der Waals surface area contributed by atoms with Gasteiger partial charge in [-0.15, -0.1) is 0 Å². The first-order valence-electron chi connectivity index (χ1n) is 7.62. The lowest BCUT2D eigenvalue weighted by Gasteiger charge is -2.47. The van der Waals surface area contributed by atoms with Gasteiger partial charge in [-0.2, -0.15) is 0 Å². The van der Waals surface area contributed by atoms with Gasteiger partial charge >= 0.3 is 0 Å². The Kier molecular flexibility index (Phi) is 4.52. The van der Waals surface area contributed by atoms with E-state index in [9.17, 15) is 0 Å². The Labute approximate surface area is 140 Å². The summed E-state index contributed by atoms with van der Waals surface area (Å²) in [6, 6.07) is 8.08. The molecule has 5 heteroatoms. The maximum absolute atomic E-state index is 5.86. The van der Waals surface area contributed by atoms with Crippen LogP contribution < -0.4 is 11.1 Å². The summed E-state index contributed by atoms with van der Waals surface area (Å²) in [6.07, 6.45) is 6.45. The number of anilines is 1. The molecular weight excluding hydrogens is 346 g/mol. The zero-order valence-electron chi connectivity index (χ0n) is 12.3. The van der Waals surface area contributed by atoms with Crippen molar-refractivity contribution in [2.45, 2.75) is 50.2 Å². The summed E-state index contributed by atoms with van der Waals surface area (Å²) < 4.78 is 1.01. The molecule has 21 heavy (non-hydrogen) atoms. The number of fused-ring (bicyclic) bond motifs is 2. The van der Waals surface area contributed by atoms with E-state index in [1.54, 1.807) is 0 Å². The highest BCUT2D eigenvalue weighted by atomic mass is 79.9. The van der Waals surface area contributed by atoms with Gasteiger partial charge in [0.2, 0.25) is 0 Å². The average Bonchev–Trinajstić information content (AvgIpc) is 2.41. The van der Waals surface area contributed by atoms with Gasteiger partial charge in [0.15, 0.2) is 0 Å². The molecule has 2 atom stereocenters. The minimum Gasteiger partial charge on any atom is -0.389 e. The van der Waals surface area contributed by atoms with E-state index in [0.717, 1.165) is 27.8 Å². The van der Waals surface area contributed by atoms with E-state index in [2.05, 4.69) is 39.3 Å². The van der Waals surface area contributed by atoms with Crippen LogP contribution in [0.15, 0.2) is 22.7 Å². The molecule has 2 aliphatic rings. The van der Waals surface area contributed by atoms with Gasteiger partial charge in [-0.05, 0) is 50.9 Å². The SMILES string of the molecule is CN1C2CCCC1CC(Nc1ccc(Br)cc1C(N)=S)C2. The lowest BCUT2D eigenvalue weighted by molar-refractivity contribution is 0.0608. The molecule has 3 N–H and O–H groups in total. The van der Waals surface area contributed by atoms with E-state index in [4.69, 9.17) is 18.0 Å². The Hall–Kier alpha value is -0.650. The standard InChI is InChI=1S/C16H22BrN3S/c1-20-12-3-2-4-13(20)9-11(8-12)19-15-6-5-10(17)7-14(15)16(18)21/h5-7,11-13,19H,2-4,8-9H2,1H3,(H2,18,21). The zero-order valence-corrected chi connectivity index (χ0v) is 14.7. The fourth-order valence-corrected chi connectivity index (χ4v) is 4.33. The summed E-state index contributed by atoms with van der Waals surface area (Å²) in [7, 11) is 2.28. The first-order chi connectivity index (χ1) is 10.0. The molecule has 1 aromatic rings. The minimum atomic E-state index is 0.451. The van der Waals surface area contributed by atoms with Crippen LogP contribution in [0.4, 0.5) is 5.69 Å². The van der Waals surface area contributed by atoms with Crippen LogP contribution in [0.5, 0.6) is 0 Å². The second-order valence-corrected chi connectivity index (χ2v) is 7.63. The Morgan fingerprint density at radius 1 is 1.33 bits per heavy atom. The van der Waals surface area contributed by atoms with Crippen LogP contribution in [0.1, 0.15) is 37.7 Å². The molecule has 0 amide bonds. The number of nitrogens with one attached hydrogen (secondary N) is 1. The predicted octanol–water partition coefficient (Wildman–Crippen LogP) is 3.51. The molecule has 0 saturated carbocycles. The minimum absolute atomic E-state index is 0.451. The van der Waals surface area contributed by atoms with Gasteiger partial charge in [0.25, 0.3) is 0 Å². The van der Waals surface area contributed by atoms with Gasteiger partial charge in [0.1, 0.15) is 4.99 Å². The first-order valence-corrected chi connectivity index (χ1v) is 8.82. The van der Waals surface area contributed by atoms with E-state index >= 15 is 0 Å². The predicted molar refractivity (Wildman–Crippen MR) is 95.9 cm³/mol. The Bertz CT molecular complexity index is 534. The molecule has 1 aromatic carbocycles. The van der Waals surface area contributed by atoms with Gasteiger partial charge in [0.05, 0.1) is 0 Å². The van der Waals surface area contributed by atoms with Crippen molar-refractivity contribution in [1.29, 1.82) is 0 Å². The molecule has 2 fully saturated rings. The summed E-state index contributed by atoms with van der Waals surface area (Å²) >= 11 is 8.67. The number of nitrogens with zero attached hydrogens (tertiary/aromatic N) is 1. The van der Waals surface area contributed by atoms with Crippen molar-refractivity contribution in [2.24, 2.45) is 5.73 Å². The molecule has 0 aliphatic carbocycles. The number of thiocarbonyl (C=S) groups is 1. The van der Waals surface area contributed by atoms with E-state index in [-0.39, 0.29) is 0 Å². The fraction of sp³-hybridized carbons (Fsp3) is 0.562. The van der Waals surface area contributed by atoms with E-state index < -0.39 is 0 Å². The molecule has 2 aliphatic heterocycles. The third-order valence-electron chi connectivity index (χ3n) is 4.95. The van der Waals surface area contributed by atoms with Crippen LogP contribution in [0.3, 0.4) is 0 Å². The van der Waals surface area contributed by atoms with Gasteiger partial charge < -0.3 is 16.0 Å². The Morgan fingerprint density at radius 3 is 2.62 bits per heavy atom. The van der Waals surface area contributed by atoms with Crippen molar-refractivity contribution >= 4 is 38.8 Å². The summed E-state index contributed by atoms with van der Waals surface area (Å²) in [4.78, 5) is 3.03. The fourth-order valence-electron chi connectivity index (χ4n) is 3.80. The number of nitrogens with two attached hydrogens (primary N) is 1. The van der Waals surface area contributed by atoms with Crippen molar-refractivity contribution < 1.29 is 0 Å². The third-order valence-corrected chi connectivity index (χ3v) is 5.66. The molecular formula is C16H22BrN3S. The maximum Gasteiger partial charge on any atom is 0.106 e. The highest BCUT2D eigenvalue weighted by Crippen LogP contribution is 2.34. The number of rotatable bonds is 3. The quantitative estimate of drug-likeness (QED) is 0.802. The Morgan fingerprint density at radius 2 is 2.00 bits per heavy atom. The van der Waals surface area contributed by atoms with Crippen LogP contribution in [-0.2, 0) is 0 Å².